The highest BCUT2D eigenvalue weighted by atomic mass is 15.2. The van der Waals surface area contributed by atoms with E-state index < -0.39 is 0 Å². The fourth-order valence-corrected chi connectivity index (χ4v) is 2.58. The van der Waals surface area contributed by atoms with Crippen LogP contribution in [-0.2, 0) is 0 Å². The summed E-state index contributed by atoms with van der Waals surface area (Å²) in [6.45, 7) is 12.6. The summed E-state index contributed by atoms with van der Waals surface area (Å²) in [7, 11) is 0. The average molecular weight is 250 g/mol. The molecule has 1 aromatic heterocycles. The quantitative estimate of drug-likeness (QED) is 0.839. The van der Waals surface area contributed by atoms with Crippen molar-refractivity contribution in [1.29, 1.82) is 0 Å². The van der Waals surface area contributed by atoms with Crippen LogP contribution in [0.2, 0.25) is 0 Å². The van der Waals surface area contributed by atoms with E-state index in [9.17, 15) is 0 Å². The maximum Gasteiger partial charge on any atom is 0.128 e. The Morgan fingerprint density at radius 1 is 1.33 bits per heavy atom. The normalized spacial score (nSPS) is 13.9. The van der Waals surface area contributed by atoms with Gasteiger partial charge in [-0.05, 0) is 45.5 Å². The zero-order valence-corrected chi connectivity index (χ0v) is 12.2. The molecule has 0 fully saturated rings. The first-order valence-electron chi connectivity index (χ1n) is 6.57. The summed E-state index contributed by atoms with van der Waals surface area (Å²) in [4.78, 5) is 6.52. The second-order valence-corrected chi connectivity index (χ2v) is 5.23. The minimum Gasteiger partial charge on any atom is -0.383 e. The molecule has 4 heteroatoms. The summed E-state index contributed by atoms with van der Waals surface area (Å²) in [5.74, 6) is 0.544. The predicted octanol–water partition coefficient (Wildman–Crippen LogP) is 2.09. The van der Waals surface area contributed by atoms with E-state index >= 15 is 0 Å². The van der Waals surface area contributed by atoms with Crippen molar-refractivity contribution in [3.05, 3.63) is 23.4 Å². The van der Waals surface area contributed by atoms with E-state index in [0.29, 0.717) is 5.82 Å². The van der Waals surface area contributed by atoms with Gasteiger partial charge >= 0.3 is 0 Å². The molecular weight excluding hydrogens is 224 g/mol. The van der Waals surface area contributed by atoms with Gasteiger partial charge in [0.25, 0.3) is 0 Å². The molecule has 1 aromatic rings. The van der Waals surface area contributed by atoms with Crippen molar-refractivity contribution in [3.8, 4) is 0 Å². The second-order valence-electron chi connectivity index (χ2n) is 5.23. The number of aryl methyl sites for hydroxylation is 1. The number of likely N-dealkylation sites (N-methyl/N-ethyl adjacent to an activating group) is 1. The lowest BCUT2D eigenvalue weighted by atomic mass is 9.86. The maximum absolute atomic E-state index is 6.46. The number of nitrogen functional groups attached to an aromatic ring is 1. The van der Waals surface area contributed by atoms with E-state index in [0.717, 1.165) is 24.2 Å². The van der Waals surface area contributed by atoms with Gasteiger partial charge in [-0.3, -0.25) is 4.90 Å². The highest BCUT2D eigenvalue weighted by Crippen LogP contribution is 2.32. The lowest BCUT2D eigenvalue weighted by molar-refractivity contribution is 0.107. The molecule has 1 unspecified atom stereocenters. The van der Waals surface area contributed by atoms with Crippen LogP contribution < -0.4 is 11.5 Å². The third-order valence-corrected chi connectivity index (χ3v) is 3.89. The summed E-state index contributed by atoms with van der Waals surface area (Å²) < 4.78 is 0. The predicted molar refractivity (Wildman–Crippen MR) is 77.3 cm³/mol. The molecule has 0 radical (unpaired) electrons. The van der Waals surface area contributed by atoms with Crippen LogP contribution in [0.15, 0.2) is 12.3 Å². The van der Waals surface area contributed by atoms with E-state index in [1.807, 2.05) is 13.0 Å². The topological polar surface area (TPSA) is 68.2 Å². The van der Waals surface area contributed by atoms with Crippen LogP contribution in [0.4, 0.5) is 5.82 Å². The lowest BCUT2D eigenvalue weighted by Crippen LogP contribution is -2.51. The SMILES string of the molecule is CCN(CC)C(C)(C)C(N)c1c(C)ccnc1N. The molecule has 0 aliphatic heterocycles. The van der Waals surface area contributed by atoms with Crippen LogP contribution in [0.25, 0.3) is 0 Å². The fraction of sp³-hybridized carbons (Fsp3) is 0.643. The van der Waals surface area contributed by atoms with Crippen molar-refractivity contribution in [2.75, 3.05) is 18.8 Å². The van der Waals surface area contributed by atoms with Crippen LogP contribution >= 0.6 is 0 Å². The summed E-state index contributed by atoms with van der Waals surface area (Å²) in [5.41, 5.74) is 14.4. The van der Waals surface area contributed by atoms with Gasteiger partial charge in [-0.1, -0.05) is 13.8 Å². The Morgan fingerprint density at radius 2 is 1.89 bits per heavy atom. The van der Waals surface area contributed by atoms with E-state index in [-0.39, 0.29) is 11.6 Å². The van der Waals surface area contributed by atoms with E-state index in [1.165, 1.54) is 0 Å². The first-order chi connectivity index (χ1) is 8.36. The summed E-state index contributed by atoms with van der Waals surface area (Å²) >= 11 is 0. The Morgan fingerprint density at radius 3 is 2.33 bits per heavy atom. The van der Waals surface area contributed by atoms with Crippen LogP contribution in [-0.4, -0.2) is 28.5 Å². The number of nitrogens with zero attached hydrogens (tertiary/aromatic N) is 2. The molecule has 0 amide bonds. The molecule has 0 saturated heterocycles. The zero-order chi connectivity index (χ0) is 13.9. The first-order valence-corrected chi connectivity index (χ1v) is 6.57. The smallest absolute Gasteiger partial charge is 0.128 e. The molecule has 0 aromatic carbocycles. The van der Waals surface area contributed by atoms with Gasteiger partial charge in [0, 0.05) is 17.3 Å². The molecule has 1 rings (SSSR count). The standard InChI is InChI=1S/C14H26N4/c1-6-18(7-2)14(4,5)12(15)11-10(3)8-9-17-13(11)16/h8-9,12H,6-7,15H2,1-5H3,(H2,16,17). The number of anilines is 1. The number of aromatic nitrogens is 1. The fourth-order valence-electron chi connectivity index (χ4n) is 2.58. The summed E-state index contributed by atoms with van der Waals surface area (Å²) in [6, 6.07) is 1.82. The molecule has 1 heterocycles. The maximum atomic E-state index is 6.46. The van der Waals surface area contributed by atoms with Crippen LogP contribution in [0, 0.1) is 6.92 Å². The van der Waals surface area contributed by atoms with Crippen molar-refractivity contribution in [2.45, 2.75) is 46.2 Å². The Bertz CT molecular complexity index is 377. The van der Waals surface area contributed by atoms with Crippen molar-refractivity contribution < 1.29 is 0 Å². The Hall–Kier alpha value is -1.13. The molecular formula is C14H26N4. The molecule has 18 heavy (non-hydrogen) atoms. The highest BCUT2D eigenvalue weighted by molar-refractivity contribution is 5.47. The third-order valence-electron chi connectivity index (χ3n) is 3.89. The summed E-state index contributed by atoms with van der Waals surface area (Å²) in [6.07, 6.45) is 1.73. The highest BCUT2D eigenvalue weighted by Gasteiger charge is 2.34. The van der Waals surface area contributed by atoms with Gasteiger partial charge in [0.15, 0.2) is 0 Å². The van der Waals surface area contributed by atoms with Crippen LogP contribution in [0.5, 0.6) is 0 Å². The van der Waals surface area contributed by atoms with Crippen LogP contribution in [0.3, 0.4) is 0 Å². The van der Waals surface area contributed by atoms with Gasteiger partial charge in [-0.15, -0.1) is 0 Å². The van der Waals surface area contributed by atoms with Gasteiger partial charge in [0.2, 0.25) is 0 Å². The molecule has 0 saturated carbocycles. The second kappa shape index (κ2) is 5.67. The largest absolute Gasteiger partial charge is 0.383 e. The van der Waals surface area contributed by atoms with Crippen molar-refractivity contribution in [1.82, 2.24) is 9.88 Å². The lowest BCUT2D eigenvalue weighted by Gasteiger charge is -2.42. The average Bonchev–Trinajstić information content (AvgIpc) is 2.29. The Balaban J connectivity index is 3.16. The Labute approximate surface area is 110 Å². The van der Waals surface area contributed by atoms with E-state index in [4.69, 9.17) is 11.5 Å². The molecule has 0 spiro atoms. The van der Waals surface area contributed by atoms with Crippen molar-refractivity contribution in [2.24, 2.45) is 5.73 Å². The monoisotopic (exact) mass is 250 g/mol. The summed E-state index contributed by atoms with van der Waals surface area (Å²) in [5, 5.41) is 0. The van der Waals surface area contributed by atoms with E-state index in [1.54, 1.807) is 6.20 Å². The molecule has 4 N–H and O–H groups in total. The molecule has 0 aliphatic carbocycles. The van der Waals surface area contributed by atoms with Crippen LogP contribution in [0.1, 0.15) is 44.9 Å². The minimum atomic E-state index is -0.147. The van der Waals surface area contributed by atoms with Gasteiger partial charge in [-0.2, -0.15) is 0 Å². The van der Waals surface area contributed by atoms with Gasteiger partial charge in [0.1, 0.15) is 5.82 Å². The minimum absolute atomic E-state index is 0.147. The Kier molecular flexibility index (Phi) is 4.71. The van der Waals surface area contributed by atoms with Gasteiger partial charge in [0.05, 0.1) is 6.04 Å². The number of pyridine rings is 1. The van der Waals surface area contributed by atoms with Gasteiger partial charge < -0.3 is 11.5 Å². The van der Waals surface area contributed by atoms with Crippen molar-refractivity contribution >= 4 is 5.82 Å². The number of rotatable bonds is 5. The number of hydrogen-bond donors (Lipinski definition) is 2. The third kappa shape index (κ3) is 2.65. The number of nitrogens with two attached hydrogens (primary N) is 2. The first kappa shape index (κ1) is 14.9. The van der Waals surface area contributed by atoms with E-state index in [2.05, 4.69) is 37.6 Å². The molecule has 102 valence electrons. The van der Waals surface area contributed by atoms with Crippen molar-refractivity contribution in [3.63, 3.8) is 0 Å². The molecule has 1 atom stereocenters. The molecule has 0 aliphatic rings. The number of hydrogen-bond acceptors (Lipinski definition) is 4. The zero-order valence-electron chi connectivity index (χ0n) is 12.2. The molecule has 4 nitrogen and oxygen atoms in total. The van der Waals surface area contributed by atoms with Gasteiger partial charge in [-0.25, -0.2) is 4.98 Å². The molecule has 0 bridgehead atoms.